The van der Waals surface area contributed by atoms with Gasteiger partial charge < -0.3 is 15.8 Å². The van der Waals surface area contributed by atoms with Crippen LogP contribution in [-0.4, -0.2) is 35.3 Å². The van der Waals surface area contributed by atoms with Crippen LogP contribution in [0.4, 0.5) is 48.1 Å². The molecule has 0 unspecified atom stereocenters. The van der Waals surface area contributed by atoms with E-state index in [1.165, 1.54) is 6.07 Å². The monoisotopic (exact) mass is 618 g/mol. The molecule has 0 atom stereocenters. The number of nitrogens with zero attached hydrogens (tertiary/aromatic N) is 2. The molecular formula is C24H17F7N6O4S. The van der Waals surface area contributed by atoms with Gasteiger partial charge in [-0.15, -0.1) is 0 Å². The molecule has 42 heavy (non-hydrogen) atoms. The maximum atomic E-state index is 13.6. The van der Waals surface area contributed by atoms with Crippen molar-refractivity contribution in [2.24, 2.45) is 5.73 Å². The highest BCUT2D eigenvalue weighted by Gasteiger charge is 2.33. The number of H-pyrrole nitrogens is 1. The number of rotatable bonds is 10. The number of primary amides is 1. The first kappa shape index (κ1) is 30.1. The van der Waals surface area contributed by atoms with Crippen molar-refractivity contribution < 1.29 is 48.7 Å². The third kappa shape index (κ3) is 6.70. The Kier molecular flexibility index (Phi) is 8.28. The number of carbonyl (C=O) groups excluding carboxylic acids is 1. The van der Waals surface area contributed by atoms with E-state index in [-0.39, 0.29) is 34.0 Å². The number of aromatic nitrogens is 3. The molecule has 4 rings (SSSR count). The molecule has 0 saturated carbocycles. The van der Waals surface area contributed by atoms with E-state index in [4.69, 9.17) is 10.5 Å². The molecule has 222 valence electrons. The molecule has 2 aromatic carbocycles. The molecule has 2 heterocycles. The Hall–Kier alpha value is -4.87. The Bertz CT molecular complexity index is 1750. The number of sulfonamides is 1. The SMILES string of the molecule is NC(=O)c1c(-c2ccc(NS(=O)(=O)C(F)F)c(OCc3ccc(F)c(F)c3)c2)n[nH]c1Nc1cccc(C(F)(F)F)n1. The molecule has 1 amide bonds. The lowest BCUT2D eigenvalue weighted by Crippen LogP contribution is -2.21. The Balaban J connectivity index is 1.73. The number of aromatic amines is 1. The summed E-state index contributed by atoms with van der Waals surface area (Å²) in [5, 5.41) is 8.83. The van der Waals surface area contributed by atoms with Crippen LogP contribution in [0.1, 0.15) is 21.6 Å². The quantitative estimate of drug-likeness (QED) is 0.179. The van der Waals surface area contributed by atoms with E-state index in [1.807, 2.05) is 0 Å². The molecule has 0 radical (unpaired) electrons. The van der Waals surface area contributed by atoms with Gasteiger partial charge in [-0.1, -0.05) is 18.2 Å². The first-order valence-electron chi connectivity index (χ1n) is 11.4. The molecule has 2 aromatic heterocycles. The maximum Gasteiger partial charge on any atom is 0.433 e. The number of anilines is 3. The molecule has 0 aliphatic heterocycles. The highest BCUT2D eigenvalue weighted by atomic mass is 32.2. The summed E-state index contributed by atoms with van der Waals surface area (Å²) < 4.78 is 123. The lowest BCUT2D eigenvalue weighted by Gasteiger charge is -2.15. The fourth-order valence-corrected chi connectivity index (χ4v) is 4.10. The van der Waals surface area contributed by atoms with Gasteiger partial charge in [0.05, 0.1) is 5.69 Å². The Morgan fingerprint density at radius 3 is 2.43 bits per heavy atom. The molecular weight excluding hydrogens is 601 g/mol. The number of pyridine rings is 1. The van der Waals surface area contributed by atoms with Gasteiger partial charge in [-0.3, -0.25) is 14.6 Å². The molecule has 5 N–H and O–H groups in total. The highest BCUT2D eigenvalue weighted by Crippen LogP contribution is 2.36. The van der Waals surface area contributed by atoms with Crippen molar-refractivity contribution in [1.82, 2.24) is 15.2 Å². The zero-order chi connectivity index (χ0) is 30.8. The molecule has 0 spiro atoms. The van der Waals surface area contributed by atoms with Crippen LogP contribution in [0.15, 0.2) is 54.6 Å². The second kappa shape index (κ2) is 11.6. The van der Waals surface area contributed by atoms with Gasteiger partial charge in [0.15, 0.2) is 11.6 Å². The molecule has 0 aliphatic carbocycles. The zero-order valence-corrected chi connectivity index (χ0v) is 21.5. The van der Waals surface area contributed by atoms with E-state index in [0.717, 1.165) is 48.5 Å². The van der Waals surface area contributed by atoms with Gasteiger partial charge in [0.25, 0.3) is 15.9 Å². The standard InChI is InChI=1S/C24H17F7N6O4S/c25-13-6-4-11(8-14(13)26)10-41-16-9-12(5-7-15(16)37-42(39,40)23(27)28)20-19(21(32)38)22(36-35-20)34-18-3-1-2-17(33-18)24(29,30)31/h1-9,23,37H,10H2,(H2,32,38)(H2,33,34,35,36). The van der Waals surface area contributed by atoms with E-state index < -0.39 is 63.2 Å². The Morgan fingerprint density at radius 1 is 1.05 bits per heavy atom. The summed E-state index contributed by atoms with van der Waals surface area (Å²) in [6.07, 6.45) is -4.76. The Morgan fingerprint density at radius 2 is 1.79 bits per heavy atom. The molecule has 4 aromatic rings. The van der Waals surface area contributed by atoms with Crippen LogP contribution in [-0.2, 0) is 22.8 Å². The number of benzene rings is 2. The predicted octanol–water partition coefficient (Wildman–Crippen LogP) is 5.15. The van der Waals surface area contributed by atoms with Gasteiger partial charge in [0.2, 0.25) is 0 Å². The largest absolute Gasteiger partial charge is 0.487 e. The minimum absolute atomic E-state index is 0.00498. The van der Waals surface area contributed by atoms with Crippen LogP contribution in [0.2, 0.25) is 0 Å². The third-order valence-electron chi connectivity index (χ3n) is 5.43. The molecule has 10 nitrogen and oxygen atoms in total. The number of hydrogen-bond donors (Lipinski definition) is 4. The van der Waals surface area contributed by atoms with Crippen molar-refractivity contribution in [3.05, 3.63) is 83.1 Å². The normalized spacial score (nSPS) is 11.9. The first-order valence-corrected chi connectivity index (χ1v) is 12.9. The second-order valence-corrected chi connectivity index (χ2v) is 10.0. The van der Waals surface area contributed by atoms with Gasteiger partial charge in [-0.25, -0.2) is 22.2 Å². The number of hydrogen-bond acceptors (Lipinski definition) is 7. The number of alkyl halides is 5. The summed E-state index contributed by atoms with van der Waals surface area (Å²) in [6, 6.07) is 8.96. The maximum absolute atomic E-state index is 13.6. The molecule has 0 saturated heterocycles. The first-order chi connectivity index (χ1) is 19.7. The van der Waals surface area contributed by atoms with Crippen LogP contribution in [0.25, 0.3) is 11.3 Å². The average molecular weight is 618 g/mol. The summed E-state index contributed by atoms with van der Waals surface area (Å²) in [7, 11) is -5.18. The molecule has 18 heteroatoms. The van der Waals surface area contributed by atoms with Crippen molar-refractivity contribution in [3.8, 4) is 17.0 Å². The minimum atomic E-state index is -5.18. The number of amides is 1. The van der Waals surface area contributed by atoms with Crippen LogP contribution in [0.3, 0.4) is 0 Å². The number of halogens is 7. The summed E-state index contributed by atoms with van der Waals surface area (Å²) >= 11 is 0. The fraction of sp³-hybridized carbons (Fsp3) is 0.125. The summed E-state index contributed by atoms with van der Waals surface area (Å²) in [5.41, 5.74) is 3.31. The molecule has 0 bridgehead atoms. The fourth-order valence-electron chi connectivity index (χ4n) is 3.53. The highest BCUT2D eigenvalue weighted by molar-refractivity contribution is 7.93. The van der Waals surface area contributed by atoms with Crippen LogP contribution in [0.5, 0.6) is 5.75 Å². The second-order valence-electron chi connectivity index (χ2n) is 8.37. The van der Waals surface area contributed by atoms with Crippen LogP contribution in [0, 0.1) is 11.6 Å². The summed E-state index contributed by atoms with van der Waals surface area (Å²) in [6.45, 7) is -0.485. The number of nitrogens with one attached hydrogen (secondary N) is 3. The minimum Gasteiger partial charge on any atom is -0.487 e. The predicted molar refractivity (Wildman–Crippen MR) is 134 cm³/mol. The lowest BCUT2D eigenvalue weighted by atomic mass is 10.1. The van der Waals surface area contributed by atoms with Gasteiger partial charge >= 0.3 is 11.9 Å². The molecule has 0 fully saturated rings. The van der Waals surface area contributed by atoms with E-state index in [2.05, 4.69) is 20.5 Å². The third-order valence-corrected chi connectivity index (χ3v) is 6.40. The smallest absolute Gasteiger partial charge is 0.433 e. The summed E-state index contributed by atoms with van der Waals surface area (Å²) in [5.74, 6) is -8.24. The van der Waals surface area contributed by atoms with Gasteiger partial charge in [-0.2, -0.15) is 27.1 Å². The number of ether oxygens (including phenoxy) is 1. The van der Waals surface area contributed by atoms with Crippen molar-refractivity contribution >= 4 is 33.3 Å². The van der Waals surface area contributed by atoms with Crippen molar-refractivity contribution in [1.29, 1.82) is 0 Å². The van der Waals surface area contributed by atoms with Gasteiger partial charge in [-0.05, 0) is 42.0 Å². The van der Waals surface area contributed by atoms with Gasteiger partial charge in [0.1, 0.15) is 40.9 Å². The lowest BCUT2D eigenvalue weighted by molar-refractivity contribution is -0.141. The molecule has 0 aliphatic rings. The Labute approximate surface area is 231 Å². The van der Waals surface area contributed by atoms with Gasteiger partial charge in [0, 0.05) is 5.56 Å². The topological polar surface area (TPSA) is 152 Å². The van der Waals surface area contributed by atoms with Crippen molar-refractivity contribution in [3.63, 3.8) is 0 Å². The van der Waals surface area contributed by atoms with E-state index >= 15 is 0 Å². The van der Waals surface area contributed by atoms with E-state index in [1.54, 1.807) is 4.72 Å². The van der Waals surface area contributed by atoms with Crippen molar-refractivity contribution in [2.75, 3.05) is 10.0 Å². The summed E-state index contributed by atoms with van der Waals surface area (Å²) in [4.78, 5) is 15.8. The van der Waals surface area contributed by atoms with E-state index in [0.29, 0.717) is 0 Å². The van der Waals surface area contributed by atoms with E-state index in [9.17, 15) is 43.9 Å². The zero-order valence-electron chi connectivity index (χ0n) is 20.6. The van der Waals surface area contributed by atoms with Crippen LogP contribution < -0.4 is 20.5 Å². The number of carbonyl (C=O) groups is 1. The number of nitrogens with two attached hydrogens (primary N) is 1. The average Bonchev–Trinajstić information content (AvgIpc) is 3.33. The van der Waals surface area contributed by atoms with Crippen LogP contribution >= 0.6 is 0 Å². The van der Waals surface area contributed by atoms with Crippen molar-refractivity contribution in [2.45, 2.75) is 18.5 Å².